The van der Waals surface area contributed by atoms with Crippen LogP contribution >= 0.6 is 0 Å². The van der Waals surface area contributed by atoms with Crippen LogP contribution in [0.2, 0.25) is 0 Å². The summed E-state index contributed by atoms with van der Waals surface area (Å²) < 4.78 is 16.1. The molecule has 0 unspecified atom stereocenters. The molecule has 138 valence electrons. The number of ether oxygens (including phenoxy) is 3. The highest BCUT2D eigenvalue weighted by Gasteiger charge is 2.19. The van der Waals surface area contributed by atoms with Gasteiger partial charge in [0, 0.05) is 17.8 Å². The minimum Gasteiger partial charge on any atom is -0.497 e. The molecule has 2 N–H and O–H groups in total. The van der Waals surface area contributed by atoms with Crippen LogP contribution in [0.1, 0.15) is 5.56 Å². The fourth-order valence-corrected chi connectivity index (χ4v) is 3.12. The van der Waals surface area contributed by atoms with Gasteiger partial charge in [0.2, 0.25) is 0 Å². The molecule has 0 radical (unpaired) electrons. The van der Waals surface area contributed by atoms with Crippen LogP contribution in [-0.2, 0) is 6.54 Å². The van der Waals surface area contributed by atoms with Gasteiger partial charge in [-0.25, -0.2) is 9.97 Å². The molecule has 0 aliphatic carbocycles. The number of hydrogen-bond donors (Lipinski definition) is 2. The van der Waals surface area contributed by atoms with Crippen LogP contribution in [0.15, 0.2) is 42.7 Å². The van der Waals surface area contributed by atoms with Crippen LogP contribution in [0.4, 0.5) is 17.2 Å². The molecule has 27 heavy (non-hydrogen) atoms. The monoisotopic (exact) mass is 364 g/mol. The Morgan fingerprint density at radius 1 is 0.889 bits per heavy atom. The van der Waals surface area contributed by atoms with Gasteiger partial charge in [0.05, 0.1) is 27.0 Å². The summed E-state index contributed by atoms with van der Waals surface area (Å²) in [5.74, 6) is 2.87. The molecule has 0 spiro atoms. The lowest BCUT2D eigenvalue weighted by Gasteiger charge is -2.14. The third-order valence-electron chi connectivity index (χ3n) is 4.52. The Morgan fingerprint density at radius 3 is 2.52 bits per heavy atom. The lowest BCUT2D eigenvalue weighted by molar-refractivity contribution is 0.355. The molecule has 2 heterocycles. The topological polar surface area (TPSA) is 77.5 Å². The van der Waals surface area contributed by atoms with E-state index < -0.39 is 0 Å². The van der Waals surface area contributed by atoms with Crippen LogP contribution < -0.4 is 24.8 Å². The average Bonchev–Trinajstić information content (AvgIpc) is 2.91. The number of rotatable bonds is 4. The molecule has 1 aliphatic heterocycles. The van der Waals surface area contributed by atoms with E-state index in [4.69, 9.17) is 14.2 Å². The van der Waals surface area contributed by atoms with Gasteiger partial charge in [-0.1, -0.05) is 0 Å². The van der Waals surface area contributed by atoms with Crippen LogP contribution in [0.5, 0.6) is 17.2 Å². The second-order valence-electron chi connectivity index (χ2n) is 6.02. The second kappa shape index (κ2) is 7.03. The van der Waals surface area contributed by atoms with Crippen molar-refractivity contribution >= 4 is 17.2 Å². The van der Waals surface area contributed by atoms with Crippen molar-refractivity contribution in [2.24, 2.45) is 0 Å². The molecule has 0 bridgehead atoms. The first-order chi connectivity index (χ1) is 13.2. The molecule has 0 fully saturated rings. The molecule has 3 aromatic rings. The summed E-state index contributed by atoms with van der Waals surface area (Å²) >= 11 is 0. The molecule has 7 nitrogen and oxygen atoms in total. The number of methoxy groups -OCH3 is 3. The normalized spacial score (nSPS) is 12.0. The van der Waals surface area contributed by atoms with Crippen molar-refractivity contribution in [1.29, 1.82) is 0 Å². The fraction of sp³-hybridized carbons (Fsp3) is 0.200. The minimum atomic E-state index is 0.634. The van der Waals surface area contributed by atoms with Gasteiger partial charge in [0.25, 0.3) is 0 Å². The summed E-state index contributed by atoms with van der Waals surface area (Å²) in [6.45, 7) is 0.634. The number of aromatic nitrogens is 2. The van der Waals surface area contributed by atoms with E-state index in [0.717, 1.165) is 39.8 Å². The van der Waals surface area contributed by atoms with E-state index in [2.05, 4.69) is 20.6 Å². The van der Waals surface area contributed by atoms with Crippen LogP contribution in [-0.4, -0.2) is 31.3 Å². The first-order valence-corrected chi connectivity index (χ1v) is 8.48. The third-order valence-corrected chi connectivity index (χ3v) is 4.52. The molecule has 0 saturated heterocycles. The van der Waals surface area contributed by atoms with Gasteiger partial charge in [0.1, 0.15) is 17.8 Å². The number of benzene rings is 2. The highest BCUT2D eigenvalue weighted by Crippen LogP contribution is 2.40. The summed E-state index contributed by atoms with van der Waals surface area (Å²) in [6.07, 6.45) is 1.55. The predicted molar refractivity (Wildman–Crippen MR) is 104 cm³/mol. The van der Waals surface area contributed by atoms with E-state index >= 15 is 0 Å². The molecule has 0 amide bonds. The number of anilines is 3. The smallest absolute Gasteiger partial charge is 0.161 e. The van der Waals surface area contributed by atoms with Crippen molar-refractivity contribution in [2.75, 3.05) is 32.0 Å². The van der Waals surface area contributed by atoms with E-state index in [-0.39, 0.29) is 0 Å². The largest absolute Gasteiger partial charge is 0.497 e. The van der Waals surface area contributed by atoms with Crippen molar-refractivity contribution in [3.05, 3.63) is 48.3 Å². The van der Waals surface area contributed by atoms with E-state index in [9.17, 15) is 0 Å². The van der Waals surface area contributed by atoms with E-state index in [0.29, 0.717) is 18.0 Å². The Labute approximate surface area is 157 Å². The van der Waals surface area contributed by atoms with Crippen molar-refractivity contribution in [1.82, 2.24) is 9.97 Å². The average molecular weight is 364 g/mol. The molecular weight excluding hydrogens is 344 g/mol. The maximum Gasteiger partial charge on any atom is 0.161 e. The first kappa shape index (κ1) is 17.0. The molecule has 2 aromatic carbocycles. The second-order valence-corrected chi connectivity index (χ2v) is 6.02. The van der Waals surface area contributed by atoms with Crippen molar-refractivity contribution in [3.63, 3.8) is 0 Å². The van der Waals surface area contributed by atoms with Gasteiger partial charge >= 0.3 is 0 Å². The predicted octanol–water partition coefficient (Wildman–Crippen LogP) is 3.84. The Morgan fingerprint density at radius 2 is 1.74 bits per heavy atom. The minimum absolute atomic E-state index is 0.634. The summed E-state index contributed by atoms with van der Waals surface area (Å²) in [5, 5.41) is 6.84. The molecule has 1 aliphatic rings. The Kier molecular flexibility index (Phi) is 4.42. The first-order valence-electron chi connectivity index (χ1n) is 8.48. The number of nitrogens with zero attached hydrogens (tertiary/aromatic N) is 2. The van der Waals surface area contributed by atoms with Crippen molar-refractivity contribution in [2.45, 2.75) is 6.54 Å². The lowest BCUT2D eigenvalue weighted by atomic mass is 10.1. The highest BCUT2D eigenvalue weighted by atomic mass is 16.5. The van der Waals surface area contributed by atoms with Crippen LogP contribution in [0, 0.1) is 0 Å². The van der Waals surface area contributed by atoms with Crippen LogP contribution in [0.3, 0.4) is 0 Å². The van der Waals surface area contributed by atoms with E-state index in [1.54, 1.807) is 27.7 Å². The molecule has 0 atom stereocenters. The number of nitrogens with one attached hydrogen (secondary N) is 2. The Bertz CT molecular complexity index is 991. The third kappa shape index (κ3) is 3.08. The number of hydrogen-bond acceptors (Lipinski definition) is 7. The summed E-state index contributed by atoms with van der Waals surface area (Å²) in [6, 6.07) is 11.7. The van der Waals surface area contributed by atoms with E-state index in [1.165, 1.54) is 0 Å². The zero-order valence-electron chi connectivity index (χ0n) is 15.4. The Hall–Kier alpha value is -3.48. The maximum atomic E-state index is 5.43. The number of fused-ring (bicyclic) bond motifs is 2. The van der Waals surface area contributed by atoms with E-state index in [1.807, 2.05) is 36.4 Å². The molecule has 4 rings (SSSR count). The van der Waals surface area contributed by atoms with Gasteiger partial charge < -0.3 is 24.8 Å². The Balaban J connectivity index is 1.80. The zero-order valence-corrected chi connectivity index (χ0v) is 15.4. The van der Waals surface area contributed by atoms with Gasteiger partial charge in [-0.3, -0.25) is 0 Å². The SMILES string of the molecule is COc1ccc2c(c1)CNc1ncnc(-c3ccc(OC)c(OC)c3)c1N2. The summed E-state index contributed by atoms with van der Waals surface area (Å²) in [5.41, 5.74) is 4.56. The quantitative estimate of drug-likeness (QED) is 0.728. The lowest BCUT2D eigenvalue weighted by Crippen LogP contribution is -2.02. The van der Waals surface area contributed by atoms with Gasteiger partial charge in [-0.05, 0) is 42.0 Å². The van der Waals surface area contributed by atoms with Crippen molar-refractivity contribution in [3.8, 4) is 28.5 Å². The summed E-state index contributed by atoms with van der Waals surface area (Å²) in [4.78, 5) is 8.90. The molecule has 1 aromatic heterocycles. The molecule has 7 heteroatoms. The standard InChI is InChI=1S/C20H20N4O3/c1-25-14-5-6-15-13(8-14)10-21-20-19(24-15)18(22-11-23-20)12-4-7-16(26-2)17(9-12)27-3/h4-9,11,24H,10H2,1-3H3,(H,21,22,23). The van der Waals surface area contributed by atoms with Crippen LogP contribution in [0.25, 0.3) is 11.3 Å². The zero-order chi connectivity index (χ0) is 18.8. The summed E-state index contributed by atoms with van der Waals surface area (Å²) in [7, 11) is 4.89. The maximum absolute atomic E-state index is 5.43. The van der Waals surface area contributed by atoms with Gasteiger partial charge in [-0.2, -0.15) is 0 Å². The van der Waals surface area contributed by atoms with Crippen molar-refractivity contribution < 1.29 is 14.2 Å². The highest BCUT2D eigenvalue weighted by molar-refractivity contribution is 5.88. The fourth-order valence-electron chi connectivity index (χ4n) is 3.12. The van der Waals surface area contributed by atoms with Gasteiger partial charge in [0.15, 0.2) is 17.3 Å². The molecular formula is C20H20N4O3. The molecule has 0 saturated carbocycles. The van der Waals surface area contributed by atoms with Gasteiger partial charge in [-0.15, -0.1) is 0 Å².